The lowest BCUT2D eigenvalue weighted by atomic mass is 9.81. The number of rotatable bonds is 3. The normalized spacial score (nSPS) is 27.4. The summed E-state index contributed by atoms with van der Waals surface area (Å²) < 4.78 is 0. The number of nitrogens with zero attached hydrogens (tertiary/aromatic N) is 1. The molecule has 120 valence electrons. The lowest BCUT2D eigenvalue weighted by Gasteiger charge is -2.26. The Morgan fingerprint density at radius 3 is 3.04 bits per heavy atom. The van der Waals surface area contributed by atoms with Gasteiger partial charge in [-0.1, -0.05) is 31.0 Å². The molecular formula is C17H21N5O. The molecule has 1 aromatic carbocycles. The first-order chi connectivity index (χ1) is 11.3. The van der Waals surface area contributed by atoms with Crippen molar-refractivity contribution in [3.8, 4) is 0 Å². The number of H-pyrrole nitrogens is 1. The Bertz CT molecular complexity index is 737. The fourth-order valence-corrected chi connectivity index (χ4v) is 3.74. The molecule has 1 amide bonds. The zero-order valence-corrected chi connectivity index (χ0v) is 12.9. The molecule has 4 N–H and O–H groups in total. The maximum atomic E-state index is 12.4. The molecule has 1 aliphatic heterocycles. The first kappa shape index (κ1) is 14.4. The minimum absolute atomic E-state index is 0.0667. The van der Waals surface area contributed by atoms with E-state index in [1.54, 1.807) is 6.21 Å². The van der Waals surface area contributed by atoms with E-state index in [2.05, 4.69) is 26.4 Å². The molecule has 2 fully saturated rings. The summed E-state index contributed by atoms with van der Waals surface area (Å²) in [5.74, 6) is 0.301. The maximum Gasteiger partial charge on any atom is 0.258 e. The smallest absolute Gasteiger partial charge is 0.258 e. The van der Waals surface area contributed by atoms with Gasteiger partial charge in [0, 0.05) is 34.6 Å². The van der Waals surface area contributed by atoms with Gasteiger partial charge in [0.2, 0.25) is 0 Å². The number of hydrogen-bond acceptors (Lipinski definition) is 4. The summed E-state index contributed by atoms with van der Waals surface area (Å²) in [6.45, 7) is 0. The molecule has 0 radical (unpaired) electrons. The Balaban J connectivity index is 1.41. The second-order valence-electron chi connectivity index (χ2n) is 6.35. The second kappa shape index (κ2) is 6.14. The molecule has 2 aromatic rings. The van der Waals surface area contributed by atoms with Gasteiger partial charge < -0.3 is 4.98 Å². The monoisotopic (exact) mass is 311 g/mol. The summed E-state index contributed by atoms with van der Waals surface area (Å²) in [6.07, 6.45) is 8.26. The highest BCUT2D eigenvalue weighted by Crippen LogP contribution is 2.30. The van der Waals surface area contributed by atoms with Crippen LogP contribution in [0.25, 0.3) is 10.9 Å². The number of fused-ring (bicyclic) bond motifs is 2. The topological polar surface area (TPSA) is 81.3 Å². The van der Waals surface area contributed by atoms with Gasteiger partial charge in [-0.25, -0.2) is 10.9 Å². The Kier molecular flexibility index (Phi) is 3.85. The number of carbonyl (C=O) groups excluding carboxylic acids is 1. The number of hydrogen-bond donors (Lipinski definition) is 4. The molecule has 1 aliphatic carbocycles. The molecule has 4 rings (SSSR count). The molecule has 2 aliphatic rings. The number of carbonyl (C=O) groups is 1. The first-order valence-corrected chi connectivity index (χ1v) is 8.23. The average molecular weight is 311 g/mol. The van der Waals surface area contributed by atoms with Crippen LogP contribution in [0.15, 0.2) is 35.6 Å². The summed E-state index contributed by atoms with van der Waals surface area (Å²) >= 11 is 0. The van der Waals surface area contributed by atoms with Crippen molar-refractivity contribution in [3.05, 3.63) is 36.0 Å². The minimum atomic E-state index is -0.194. The summed E-state index contributed by atoms with van der Waals surface area (Å²) in [4.78, 5) is 15.5. The van der Waals surface area contributed by atoms with Gasteiger partial charge in [-0.3, -0.25) is 10.2 Å². The quantitative estimate of drug-likeness (QED) is 0.514. The van der Waals surface area contributed by atoms with Crippen LogP contribution in [0.1, 0.15) is 31.2 Å². The van der Waals surface area contributed by atoms with Crippen molar-refractivity contribution >= 4 is 23.0 Å². The maximum absolute atomic E-state index is 12.4. The van der Waals surface area contributed by atoms with E-state index in [1.807, 2.05) is 30.5 Å². The van der Waals surface area contributed by atoms with Crippen LogP contribution in [0.4, 0.5) is 0 Å². The Morgan fingerprint density at radius 1 is 1.22 bits per heavy atom. The number of benzene rings is 1. The number of amides is 1. The zero-order valence-electron chi connectivity index (χ0n) is 12.9. The summed E-state index contributed by atoms with van der Waals surface area (Å²) in [5, 5.41) is 5.23. The summed E-state index contributed by atoms with van der Waals surface area (Å²) in [6, 6.07) is 8.24. The van der Waals surface area contributed by atoms with Gasteiger partial charge in [0.15, 0.2) is 0 Å². The van der Waals surface area contributed by atoms with E-state index in [1.165, 1.54) is 12.8 Å². The molecule has 3 unspecified atom stereocenters. The van der Waals surface area contributed by atoms with E-state index in [9.17, 15) is 4.79 Å². The molecular weight excluding hydrogens is 290 g/mol. The Hall–Kier alpha value is -2.18. The molecule has 1 saturated carbocycles. The molecule has 3 atom stereocenters. The van der Waals surface area contributed by atoms with Crippen molar-refractivity contribution in [1.82, 2.24) is 21.3 Å². The van der Waals surface area contributed by atoms with Crippen molar-refractivity contribution < 1.29 is 4.79 Å². The van der Waals surface area contributed by atoms with Crippen LogP contribution in [0, 0.1) is 5.92 Å². The number of para-hydroxylation sites is 1. The van der Waals surface area contributed by atoms with Crippen molar-refractivity contribution in [2.75, 3.05) is 0 Å². The van der Waals surface area contributed by atoms with Crippen molar-refractivity contribution in [1.29, 1.82) is 0 Å². The SMILES string of the molecule is O=C(N/N=C/c1c[nH]c2ccccc12)C1NNC2CCCCC21. The third kappa shape index (κ3) is 2.75. The minimum Gasteiger partial charge on any atom is -0.361 e. The van der Waals surface area contributed by atoms with Gasteiger partial charge in [0.25, 0.3) is 5.91 Å². The largest absolute Gasteiger partial charge is 0.361 e. The number of aromatic amines is 1. The number of nitrogens with one attached hydrogen (secondary N) is 4. The summed E-state index contributed by atoms with van der Waals surface area (Å²) in [5.41, 5.74) is 11.1. The Labute approximate surface area is 134 Å². The molecule has 1 saturated heterocycles. The van der Waals surface area contributed by atoms with E-state index >= 15 is 0 Å². The lowest BCUT2D eigenvalue weighted by molar-refractivity contribution is -0.123. The molecule has 23 heavy (non-hydrogen) atoms. The van der Waals surface area contributed by atoms with Crippen LogP contribution in [0.5, 0.6) is 0 Å². The second-order valence-corrected chi connectivity index (χ2v) is 6.35. The summed E-state index contributed by atoms with van der Waals surface area (Å²) in [7, 11) is 0. The van der Waals surface area contributed by atoms with Crippen molar-refractivity contribution in [3.63, 3.8) is 0 Å². The van der Waals surface area contributed by atoms with Gasteiger partial charge in [-0.05, 0) is 18.9 Å². The number of hydrazone groups is 1. The van der Waals surface area contributed by atoms with Gasteiger partial charge in [-0.2, -0.15) is 5.10 Å². The van der Waals surface area contributed by atoms with Gasteiger partial charge in [0.1, 0.15) is 6.04 Å². The van der Waals surface area contributed by atoms with E-state index < -0.39 is 0 Å². The van der Waals surface area contributed by atoms with Crippen molar-refractivity contribution in [2.24, 2.45) is 11.0 Å². The van der Waals surface area contributed by atoms with Crippen LogP contribution in [-0.2, 0) is 4.79 Å². The molecule has 6 heteroatoms. The molecule has 6 nitrogen and oxygen atoms in total. The number of aromatic nitrogens is 1. The fraction of sp³-hybridized carbons (Fsp3) is 0.412. The number of hydrazine groups is 1. The molecule has 1 aromatic heterocycles. The van der Waals surface area contributed by atoms with Crippen LogP contribution < -0.4 is 16.3 Å². The zero-order chi connectivity index (χ0) is 15.6. The molecule has 0 bridgehead atoms. The average Bonchev–Trinajstić information content (AvgIpc) is 3.19. The predicted octanol–water partition coefficient (Wildman–Crippen LogP) is 1.65. The fourth-order valence-electron chi connectivity index (χ4n) is 3.74. The predicted molar refractivity (Wildman–Crippen MR) is 89.8 cm³/mol. The van der Waals surface area contributed by atoms with E-state index in [4.69, 9.17) is 0 Å². The highest BCUT2D eigenvalue weighted by atomic mass is 16.2. The van der Waals surface area contributed by atoms with Crippen LogP contribution in [0.3, 0.4) is 0 Å². The highest BCUT2D eigenvalue weighted by molar-refractivity contribution is 5.99. The third-order valence-electron chi connectivity index (χ3n) is 4.95. The third-order valence-corrected chi connectivity index (χ3v) is 4.95. The standard InChI is InChI=1S/C17H21N5O/c23-17(16-13-6-2-4-8-15(13)20-21-16)22-19-10-11-9-18-14-7-3-1-5-12(11)14/h1,3,5,7,9-10,13,15-16,18,20-21H,2,4,6,8H2,(H,22,23)/b19-10+. The molecule has 0 spiro atoms. The lowest BCUT2D eigenvalue weighted by Crippen LogP contribution is -2.44. The first-order valence-electron chi connectivity index (χ1n) is 8.23. The van der Waals surface area contributed by atoms with Gasteiger partial charge in [-0.15, -0.1) is 0 Å². The highest BCUT2D eigenvalue weighted by Gasteiger charge is 2.40. The molecule has 2 heterocycles. The van der Waals surface area contributed by atoms with Crippen LogP contribution in [-0.4, -0.2) is 29.2 Å². The van der Waals surface area contributed by atoms with Gasteiger partial charge >= 0.3 is 0 Å². The van der Waals surface area contributed by atoms with E-state index in [-0.39, 0.29) is 11.9 Å². The van der Waals surface area contributed by atoms with Crippen molar-refractivity contribution in [2.45, 2.75) is 37.8 Å². The van der Waals surface area contributed by atoms with E-state index in [0.717, 1.165) is 29.3 Å². The Morgan fingerprint density at radius 2 is 2.09 bits per heavy atom. The van der Waals surface area contributed by atoms with E-state index in [0.29, 0.717) is 12.0 Å². The van der Waals surface area contributed by atoms with Crippen LogP contribution in [0.2, 0.25) is 0 Å². The van der Waals surface area contributed by atoms with Crippen LogP contribution >= 0.6 is 0 Å². The van der Waals surface area contributed by atoms with Gasteiger partial charge in [0.05, 0.1) is 6.21 Å².